The molecule has 158 valence electrons. The molecule has 0 atom stereocenters. The van der Waals surface area contributed by atoms with Crippen LogP contribution < -0.4 is 10.1 Å². The quantitative estimate of drug-likeness (QED) is 0.591. The van der Waals surface area contributed by atoms with E-state index in [4.69, 9.17) is 16.3 Å². The summed E-state index contributed by atoms with van der Waals surface area (Å²) in [5, 5.41) is 3.86. The third-order valence-corrected chi connectivity index (χ3v) is 7.82. The van der Waals surface area contributed by atoms with Gasteiger partial charge in [-0.2, -0.15) is 8.68 Å². The Balaban J connectivity index is 1.39. The van der Waals surface area contributed by atoms with Gasteiger partial charge in [-0.1, -0.05) is 18.0 Å². The minimum Gasteiger partial charge on any atom is -0.482 e. The molecular weight excluding hydrogens is 446 g/mol. The predicted molar refractivity (Wildman–Crippen MR) is 118 cm³/mol. The summed E-state index contributed by atoms with van der Waals surface area (Å²) in [6.07, 6.45) is 4.50. The molecule has 0 saturated carbocycles. The highest BCUT2D eigenvalue weighted by Gasteiger charge is 2.26. The molecule has 1 fully saturated rings. The number of anilines is 1. The van der Waals surface area contributed by atoms with Crippen molar-refractivity contribution in [3.63, 3.8) is 0 Å². The minimum atomic E-state index is -3.58. The van der Waals surface area contributed by atoms with Crippen molar-refractivity contribution < 1.29 is 17.9 Å². The number of rotatable bonds is 6. The summed E-state index contributed by atoms with van der Waals surface area (Å²) in [5.74, 6) is -0.0967. The monoisotopic (exact) mass is 465 g/mol. The molecule has 0 bridgehead atoms. The summed E-state index contributed by atoms with van der Waals surface area (Å²) in [7, 11) is -3.58. The number of ether oxygens (including phenoxy) is 1. The van der Waals surface area contributed by atoms with E-state index in [0.29, 0.717) is 18.8 Å². The average Bonchev–Trinajstić information content (AvgIpc) is 3.21. The Morgan fingerprint density at radius 3 is 2.73 bits per heavy atom. The zero-order valence-electron chi connectivity index (χ0n) is 16.0. The van der Waals surface area contributed by atoms with Gasteiger partial charge >= 0.3 is 0 Å². The van der Waals surface area contributed by atoms with E-state index in [0.717, 1.165) is 29.3 Å². The molecule has 0 radical (unpaired) electrons. The third kappa shape index (κ3) is 4.59. The molecule has 1 aliphatic rings. The SMILES string of the molecule is O=C(COc1ccc(S(=O)(=O)N2CCCCC2)cc1Cl)Nc1ccc2sncc2c1. The molecule has 30 heavy (non-hydrogen) atoms. The lowest BCUT2D eigenvalue weighted by Crippen LogP contribution is -2.35. The lowest BCUT2D eigenvalue weighted by molar-refractivity contribution is -0.118. The number of hydrogen-bond acceptors (Lipinski definition) is 6. The number of piperidine rings is 1. The number of halogens is 1. The molecule has 2 aromatic carbocycles. The fourth-order valence-electron chi connectivity index (χ4n) is 3.30. The van der Waals surface area contributed by atoms with Gasteiger partial charge in [-0.25, -0.2) is 8.42 Å². The van der Waals surface area contributed by atoms with E-state index >= 15 is 0 Å². The Morgan fingerprint density at radius 2 is 1.97 bits per heavy atom. The second-order valence-electron chi connectivity index (χ2n) is 6.97. The van der Waals surface area contributed by atoms with Crippen LogP contribution in [0.3, 0.4) is 0 Å². The first kappa shape index (κ1) is 21.0. The number of nitrogens with zero attached hydrogens (tertiary/aromatic N) is 2. The van der Waals surface area contributed by atoms with Gasteiger partial charge in [0.05, 0.1) is 14.6 Å². The standard InChI is InChI=1S/C20H20ClN3O4S2/c21-17-11-16(30(26,27)24-8-2-1-3-9-24)5-6-18(17)28-13-20(25)23-15-4-7-19-14(10-15)12-22-29-19/h4-7,10-12H,1-3,8-9,13H2,(H,23,25). The normalized spacial score (nSPS) is 15.2. The summed E-state index contributed by atoms with van der Waals surface area (Å²) >= 11 is 7.61. The van der Waals surface area contributed by atoms with E-state index in [1.165, 1.54) is 34.0 Å². The van der Waals surface area contributed by atoms with Crippen LogP contribution in [-0.2, 0) is 14.8 Å². The van der Waals surface area contributed by atoms with E-state index in [-0.39, 0.29) is 28.2 Å². The molecule has 0 unspecified atom stereocenters. The van der Waals surface area contributed by atoms with Gasteiger partial charge in [-0.05, 0) is 60.8 Å². The first-order chi connectivity index (χ1) is 14.4. The van der Waals surface area contributed by atoms with Gasteiger partial charge < -0.3 is 10.1 Å². The second kappa shape index (κ2) is 8.89. The van der Waals surface area contributed by atoms with E-state index < -0.39 is 10.0 Å². The number of aromatic nitrogens is 1. The highest BCUT2D eigenvalue weighted by Crippen LogP contribution is 2.30. The first-order valence-electron chi connectivity index (χ1n) is 9.50. The van der Waals surface area contributed by atoms with Gasteiger partial charge in [-0.3, -0.25) is 4.79 Å². The van der Waals surface area contributed by atoms with Gasteiger partial charge in [0.25, 0.3) is 5.91 Å². The first-order valence-corrected chi connectivity index (χ1v) is 12.1. The molecule has 0 aliphatic carbocycles. The van der Waals surface area contributed by atoms with Crippen LogP contribution in [0, 0.1) is 0 Å². The number of carbonyl (C=O) groups is 1. The number of sulfonamides is 1. The largest absolute Gasteiger partial charge is 0.482 e. The number of fused-ring (bicyclic) bond motifs is 1. The molecular formula is C20H20ClN3O4S2. The number of nitrogens with one attached hydrogen (secondary N) is 1. The van der Waals surface area contributed by atoms with E-state index in [1.54, 1.807) is 12.3 Å². The van der Waals surface area contributed by atoms with Gasteiger partial charge in [0.1, 0.15) is 5.75 Å². The van der Waals surface area contributed by atoms with Crippen LogP contribution in [0.15, 0.2) is 47.5 Å². The van der Waals surface area contributed by atoms with Crippen LogP contribution >= 0.6 is 23.1 Å². The lowest BCUT2D eigenvalue weighted by atomic mass is 10.2. The number of amides is 1. The summed E-state index contributed by atoms with van der Waals surface area (Å²) < 4.78 is 37.6. The van der Waals surface area contributed by atoms with Crippen LogP contribution in [0.25, 0.3) is 10.1 Å². The Bertz CT molecular complexity index is 1170. The fourth-order valence-corrected chi connectivity index (χ4v) is 5.77. The van der Waals surface area contributed by atoms with E-state index in [1.807, 2.05) is 12.1 Å². The van der Waals surface area contributed by atoms with Crippen LogP contribution in [0.2, 0.25) is 5.02 Å². The maximum atomic E-state index is 12.8. The highest BCUT2D eigenvalue weighted by molar-refractivity contribution is 7.89. The maximum absolute atomic E-state index is 12.8. The van der Waals surface area contributed by atoms with Crippen molar-refractivity contribution in [3.05, 3.63) is 47.6 Å². The number of hydrogen-bond donors (Lipinski definition) is 1. The second-order valence-corrected chi connectivity index (χ2v) is 10.2. The molecule has 1 aliphatic heterocycles. The molecule has 1 saturated heterocycles. The summed E-state index contributed by atoms with van der Waals surface area (Å²) in [4.78, 5) is 12.3. The van der Waals surface area contributed by atoms with Crippen LogP contribution in [0.4, 0.5) is 5.69 Å². The summed E-state index contributed by atoms with van der Waals surface area (Å²) in [5.41, 5.74) is 0.644. The van der Waals surface area contributed by atoms with Crippen molar-refractivity contribution >= 4 is 54.8 Å². The van der Waals surface area contributed by atoms with Crippen molar-refractivity contribution in [2.24, 2.45) is 0 Å². The number of benzene rings is 2. The molecule has 3 aromatic rings. The van der Waals surface area contributed by atoms with Crippen molar-refractivity contribution in [2.45, 2.75) is 24.2 Å². The third-order valence-electron chi connectivity index (χ3n) is 4.85. The van der Waals surface area contributed by atoms with Crippen LogP contribution in [0.5, 0.6) is 5.75 Å². The Kier molecular flexibility index (Phi) is 6.24. The highest BCUT2D eigenvalue weighted by atomic mass is 35.5. The molecule has 7 nitrogen and oxygen atoms in total. The Morgan fingerprint density at radius 1 is 1.17 bits per heavy atom. The van der Waals surface area contributed by atoms with Gasteiger partial charge in [0, 0.05) is 30.4 Å². The van der Waals surface area contributed by atoms with Gasteiger partial charge in [-0.15, -0.1) is 0 Å². The molecule has 4 rings (SSSR count). The van der Waals surface area contributed by atoms with Crippen LogP contribution in [-0.4, -0.2) is 42.7 Å². The Labute approximate surface area is 183 Å². The molecule has 0 spiro atoms. The number of carbonyl (C=O) groups excluding carboxylic acids is 1. The van der Waals surface area contributed by atoms with Crippen molar-refractivity contribution in [3.8, 4) is 5.75 Å². The molecule has 1 aromatic heterocycles. The summed E-state index contributed by atoms with van der Waals surface area (Å²) in [6, 6.07) is 9.84. The van der Waals surface area contributed by atoms with Crippen molar-refractivity contribution in [1.29, 1.82) is 0 Å². The zero-order chi connectivity index (χ0) is 21.1. The molecule has 1 N–H and O–H groups in total. The van der Waals surface area contributed by atoms with E-state index in [9.17, 15) is 13.2 Å². The van der Waals surface area contributed by atoms with Crippen molar-refractivity contribution in [1.82, 2.24) is 8.68 Å². The van der Waals surface area contributed by atoms with Gasteiger partial charge in [0.15, 0.2) is 6.61 Å². The molecule has 2 heterocycles. The van der Waals surface area contributed by atoms with Crippen molar-refractivity contribution in [2.75, 3.05) is 25.0 Å². The minimum absolute atomic E-state index is 0.129. The lowest BCUT2D eigenvalue weighted by Gasteiger charge is -2.26. The predicted octanol–water partition coefficient (Wildman–Crippen LogP) is 4.14. The Hall–Kier alpha value is -2.20. The molecule has 10 heteroatoms. The zero-order valence-corrected chi connectivity index (χ0v) is 18.4. The fraction of sp³-hybridized carbons (Fsp3) is 0.300. The summed E-state index contributed by atoms with van der Waals surface area (Å²) in [6.45, 7) is 0.787. The van der Waals surface area contributed by atoms with Gasteiger partial charge in [0.2, 0.25) is 10.0 Å². The van der Waals surface area contributed by atoms with Crippen LogP contribution in [0.1, 0.15) is 19.3 Å². The van der Waals surface area contributed by atoms with E-state index in [2.05, 4.69) is 9.69 Å². The smallest absolute Gasteiger partial charge is 0.262 e. The average molecular weight is 466 g/mol. The topological polar surface area (TPSA) is 88.6 Å². The molecule has 1 amide bonds. The maximum Gasteiger partial charge on any atom is 0.262 e.